The summed E-state index contributed by atoms with van der Waals surface area (Å²) in [7, 11) is 4.63. The molecule has 0 aliphatic carbocycles. The summed E-state index contributed by atoms with van der Waals surface area (Å²) in [6.45, 7) is 0.882. The number of hydrogen-bond donors (Lipinski definition) is 2. The molecule has 0 saturated carbocycles. The zero-order valence-electron chi connectivity index (χ0n) is 12.4. The largest absolute Gasteiger partial charge is 0.493 e. The summed E-state index contributed by atoms with van der Waals surface area (Å²) < 4.78 is 15.8. The van der Waals surface area contributed by atoms with Gasteiger partial charge >= 0.3 is 0 Å². The molecule has 1 saturated heterocycles. The molecule has 1 fully saturated rings. The van der Waals surface area contributed by atoms with Crippen LogP contribution in [0.2, 0.25) is 0 Å². The van der Waals surface area contributed by atoms with Gasteiger partial charge in [-0.05, 0) is 19.4 Å². The Morgan fingerprint density at radius 3 is 2.24 bits per heavy atom. The lowest BCUT2D eigenvalue weighted by atomic mass is 10.2. The molecule has 7 heteroatoms. The van der Waals surface area contributed by atoms with E-state index in [4.69, 9.17) is 14.2 Å². The number of benzene rings is 1. The summed E-state index contributed by atoms with van der Waals surface area (Å²) in [6.07, 6.45) is 1.88. The van der Waals surface area contributed by atoms with Crippen LogP contribution in [0.15, 0.2) is 12.1 Å². The molecule has 2 rings (SSSR count). The molecule has 1 unspecified atom stereocenters. The molecule has 2 N–H and O–H groups in total. The molecule has 1 atom stereocenters. The predicted molar refractivity (Wildman–Crippen MR) is 83.0 cm³/mol. The van der Waals surface area contributed by atoms with Crippen LogP contribution in [0.1, 0.15) is 12.8 Å². The Balaban J connectivity index is 0.00000220. The fourth-order valence-electron chi connectivity index (χ4n) is 2.29. The fraction of sp³-hybridized carbons (Fsp3) is 0.500. The van der Waals surface area contributed by atoms with E-state index < -0.39 is 0 Å². The lowest BCUT2D eigenvalue weighted by Gasteiger charge is -2.16. The third-order valence-electron chi connectivity index (χ3n) is 3.31. The summed E-state index contributed by atoms with van der Waals surface area (Å²) in [5.41, 5.74) is 0.623. The van der Waals surface area contributed by atoms with Crippen molar-refractivity contribution in [1.82, 2.24) is 5.32 Å². The molecule has 118 valence electrons. The maximum absolute atomic E-state index is 12.1. The first-order valence-corrected chi connectivity index (χ1v) is 6.54. The monoisotopic (exact) mass is 316 g/mol. The minimum Gasteiger partial charge on any atom is -0.493 e. The molecule has 1 heterocycles. The van der Waals surface area contributed by atoms with E-state index in [0.29, 0.717) is 22.9 Å². The van der Waals surface area contributed by atoms with E-state index in [1.165, 1.54) is 0 Å². The van der Waals surface area contributed by atoms with Crippen molar-refractivity contribution >= 4 is 24.0 Å². The predicted octanol–water partition coefficient (Wildman–Crippen LogP) is 1.82. The lowest BCUT2D eigenvalue weighted by molar-refractivity contribution is -0.117. The van der Waals surface area contributed by atoms with Gasteiger partial charge < -0.3 is 24.8 Å². The molecule has 0 bridgehead atoms. The highest BCUT2D eigenvalue weighted by atomic mass is 35.5. The standard InChI is InChI=1S/C14H20N2O4.ClH/c1-18-11-7-9(8-12(19-2)13(11)20-3)16-14(17)10-5-4-6-15-10;/h7-8,10,15H,4-6H2,1-3H3,(H,16,17);1H. The molecule has 1 aliphatic heterocycles. The van der Waals surface area contributed by atoms with Gasteiger partial charge in [0.25, 0.3) is 0 Å². The molecule has 0 spiro atoms. The normalized spacial score (nSPS) is 16.8. The van der Waals surface area contributed by atoms with Crippen molar-refractivity contribution in [2.45, 2.75) is 18.9 Å². The van der Waals surface area contributed by atoms with Crippen LogP contribution in [-0.2, 0) is 4.79 Å². The zero-order valence-corrected chi connectivity index (χ0v) is 13.2. The van der Waals surface area contributed by atoms with Crippen LogP contribution < -0.4 is 24.8 Å². The van der Waals surface area contributed by atoms with Gasteiger partial charge in [0.15, 0.2) is 11.5 Å². The molecule has 1 aromatic carbocycles. The van der Waals surface area contributed by atoms with Gasteiger partial charge in [0.2, 0.25) is 11.7 Å². The summed E-state index contributed by atoms with van der Waals surface area (Å²) in [6, 6.07) is 3.30. The van der Waals surface area contributed by atoms with Crippen molar-refractivity contribution in [2.75, 3.05) is 33.2 Å². The van der Waals surface area contributed by atoms with E-state index in [1.54, 1.807) is 33.5 Å². The molecule has 0 aromatic heterocycles. The van der Waals surface area contributed by atoms with Crippen LogP contribution in [0.4, 0.5) is 5.69 Å². The van der Waals surface area contributed by atoms with E-state index in [1.807, 2.05) is 0 Å². The van der Waals surface area contributed by atoms with Crippen LogP contribution in [-0.4, -0.2) is 39.8 Å². The number of ether oxygens (including phenoxy) is 3. The SMILES string of the molecule is COc1cc(NC(=O)C2CCCN2)cc(OC)c1OC.Cl. The topological polar surface area (TPSA) is 68.8 Å². The van der Waals surface area contributed by atoms with Crippen LogP contribution in [0.3, 0.4) is 0 Å². The van der Waals surface area contributed by atoms with Crippen LogP contribution >= 0.6 is 12.4 Å². The highest BCUT2D eigenvalue weighted by Crippen LogP contribution is 2.39. The van der Waals surface area contributed by atoms with Crippen LogP contribution in [0, 0.1) is 0 Å². The second kappa shape index (κ2) is 7.95. The van der Waals surface area contributed by atoms with Crippen molar-refractivity contribution < 1.29 is 19.0 Å². The van der Waals surface area contributed by atoms with Crippen LogP contribution in [0.25, 0.3) is 0 Å². The average Bonchev–Trinajstić information content (AvgIpc) is 3.00. The third-order valence-corrected chi connectivity index (χ3v) is 3.31. The first-order valence-electron chi connectivity index (χ1n) is 6.54. The van der Waals surface area contributed by atoms with Gasteiger partial charge in [-0.3, -0.25) is 4.79 Å². The fourth-order valence-corrected chi connectivity index (χ4v) is 2.29. The number of carbonyl (C=O) groups is 1. The van der Waals surface area contributed by atoms with Crippen molar-refractivity contribution in [1.29, 1.82) is 0 Å². The number of carbonyl (C=O) groups excluding carboxylic acids is 1. The van der Waals surface area contributed by atoms with Gasteiger partial charge in [-0.1, -0.05) is 0 Å². The number of amides is 1. The maximum Gasteiger partial charge on any atom is 0.241 e. The number of methoxy groups -OCH3 is 3. The molecule has 1 amide bonds. The summed E-state index contributed by atoms with van der Waals surface area (Å²) in [4.78, 5) is 12.1. The highest BCUT2D eigenvalue weighted by Gasteiger charge is 2.23. The number of nitrogens with one attached hydrogen (secondary N) is 2. The first kappa shape index (κ1) is 17.4. The van der Waals surface area contributed by atoms with Crippen molar-refractivity contribution in [2.24, 2.45) is 0 Å². The van der Waals surface area contributed by atoms with E-state index in [9.17, 15) is 4.79 Å². The molecular formula is C14H21ClN2O4. The second-order valence-electron chi connectivity index (χ2n) is 4.55. The first-order chi connectivity index (χ1) is 9.69. The van der Waals surface area contributed by atoms with E-state index in [-0.39, 0.29) is 24.4 Å². The van der Waals surface area contributed by atoms with Crippen LogP contribution in [0.5, 0.6) is 17.2 Å². The van der Waals surface area contributed by atoms with E-state index >= 15 is 0 Å². The quantitative estimate of drug-likeness (QED) is 0.867. The Hall–Kier alpha value is -1.66. The van der Waals surface area contributed by atoms with Gasteiger partial charge in [-0.25, -0.2) is 0 Å². The molecule has 0 radical (unpaired) electrons. The highest BCUT2D eigenvalue weighted by molar-refractivity contribution is 5.95. The molecule has 6 nitrogen and oxygen atoms in total. The van der Waals surface area contributed by atoms with Gasteiger partial charge in [-0.15, -0.1) is 12.4 Å². The Morgan fingerprint density at radius 2 is 1.81 bits per heavy atom. The number of halogens is 1. The van der Waals surface area contributed by atoms with Crippen molar-refractivity contribution in [3.8, 4) is 17.2 Å². The number of anilines is 1. The third kappa shape index (κ3) is 3.92. The Labute approximate surface area is 130 Å². The summed E-state index contributed by atoms with van der Waals surface area (Å²) in [5.74, 6) is 1.49. The number of rotatable bonds is 5. The van der Waals surface area contributed by atoms with Gasteiger partial charge in [0.05, 0.1) is 27.4 Å². The molecule has 21 heavy (non-hydrogen) atoms. The number of hydrogen-bond acceptors (Lipinski definition) is 5. The van der Waals surface area contributed by atoms with Gasteiger partial charge in [0, 0.05) is 17.8 Å². The molecule has 1 aliphatic rings. The smallest absolute Gasteiger partial charge is 0.241 e. The molecular weight excluding hydrogens is 296 g/mol. The minimum absolute atomic E-state index is 0. The summed E-state index contributed by atoms with van der Waals surface area (Å²) in [5, 5.41) is 6.02. The van der Waals surface area contributed by atoms with Crippen molar-refractivity contribution in [3.05, 3.63) is 12.1 Å². The van der Waals surface area contributed by atoms with Crippen molar-refractivity contribution in [3.63, 3.8) is 0 Å². The molecule has 1 aromatic rings. The Bertz CT molecular complexity index is 465. The summed E-state index contributed by atoms with van der Waals surface area (Å²) >= 11 is 0. The van der Waals surface area contributed by atoms with E-state index in [2.05, 4.69) is 10.6 Å². The van der Waals surface area contributed by atoms with Gasteiger partial charge in [-0.2, -0.15) is 0 Å². The zero-order chi connectivity index (χ0) is 14.5. The van der Waals surface area contributed by atoms with E-state index in [0.717, 1.165) is 19.4 Å². The minimum atomic E-state index is -0.130. The Morgan fingerprint density at radius 1 is 1.19 bits per heavy atom. The van der Waals surface area contributed by atoms with Gasteiger partial charge in [0.1, 0.15) is 0 Å². The maximum atomic E-state index is 12.1. The Kier molecular flexibility index (Phi) is 6.58. The second-order valence-corrected chi connectivity index (χ2v) is 4.55. The lowest BCUT2D eigenvalue weighted by Crippen LogP contribution is -2.35. The average molecular weight is 317 g/mol.